The topological polar surface area (TPSA) is 88.5 Å². The Morgan fingerprint density at radius 2 is 1.88 bits per heavy atom. The molecule has 1 aliphatic heterocycles. The summed E-state index contributed by atoms with van der Waals surface area (Å²) in [5.41, 5.74) is 8.45. The molecule has 7 nitrogen and oxygen atoms in total. The van der Waals surface area contributed by atoms with E-state index in [-0.39, 0.29) is 17.9 Å². The molecule has 2 aromatic heterocycles. The molecule has 0 saturated heterocycles. The zero-order valence-corrected chi connectivity index (χ0v) is 24.9. The van der Waals surface area contributed by atoms with Gasteiger partial charge in [0.15, 0.2) is 6.23 Å². The van der Waals surface area contributed by atoms with Crippen LogP contribution in [-0.4, -0.2) is 35.4 Å². The van der Waals surface area contributed by atoms with Gasteiger partial charge in [-0.05, 0) is 49.2 Å². The lowest BCUT2D eigenvalue weighted by Gasteiger charge is -2.20. The lowest BCUT2D eigenvalue weighted by Crippen LogP contribution is -2.22. The number of hydrazone groups is 1. The molecule has 3 atom stereocenters. The maximum Gasteiger partial charge on any atom is 0.251 e. The molecule has 8 heteroatoms. The van der Waals surface area contributed by atoms with E-state index in [9.17, 15) is 9.18 Å². The minimum atomic E-state index is -1.08. The van der Waals surface area contributed by atoms with Crippen LogP contribution in [0.25, 0.3) is 0 Å². The van der Waals surface area contributed by atoms with Crippen LogP contribution in [0.4, 0.5) is 4.39 Å². The number of aromatic nitrogens is 2. The number of halogens is 1. The molecule has 40 heavy (non-hydrogen) atoms. The Bertz CT molecular complexity index is 1210. The molecule has 3 aromatic rings. The molecule has 0 spiro atoms. The van der Waals surface area contributed by atoms with Gasteiger partial charge in [-0.2, -0.15) is 5.10 Å². The number of rotatable bonds is 9. The lowest BCUT2D eigenvalue weighted by molar-refractivity contribution is 0.00283. The van der Waals surface area contributed by atoms with E-state index in [0.29, 0.717) is 23.6 Å². The van der Waals surface area contributed by atoms with Crippen molar-refractivity contribution in [3.05, 3.63) is 94.6 Å². The average molecular weight is 550 g/mol. The predicted molar refractivity (Wildman–Crippen MR) is 160 cm³/mol. The summed E-state index contributed by atoms with van der Waals surface area (Å²) in [6.07, 6.45) is 1.09. The quantitative estimate of drug-likeness (QED) is 0.177. The summed E-state index contributed by atoms with van der Waals surface area (Å²) in [4.78, 5) is 20.8. The highest BCUT2D eigenvalue weighted by molar-refractivity contribution is 5.98. The monoisotopic (exact) mass is 549 g/mol. The van der Waals surface area contributed by atoms with E-state index in [1.165, 1.54) is 6.92 Å². The van der Waals surface area contributed by atoms with Crippen molar-refractivity contribution in [3.63, 3.8) is 0 Å². The van der Waals surface area contributed by atoms with Crippen molar-refractivity contribution in [2.75, 3.05) is 6.61 Å². The van der Waals surface area contributed by atoms with Gasteiger partial charge >= 0.3 is 0 Å². The predicted octanol–water partition coefficient (Wildman–Crippen LogP) is 6.65. The van der Waals surface area contributed by atoms with Gasteiger partial charge in [-0.3, -0.25) is 20.2 Å². The van der Waals surface area contributed by atoms with Crippen LogP contribution in [0.2, 0.25) is 0 Å². The average Bonchev–Trinajstić information content (AvgIpc) is 3.32. The Morgan fingerprint density at radius 3 is 2.50 bits per heavy atom. The molecule has 3 unspecified atom stereocenters. The second-order valence-electron chi connectivity index (χ2n) is 10.5. The molecule has 3 heterocycles. The van der Waals surface area contributed by atoms with E-state index in [2.05, 4.69) is 79.5 Å². The van der Waals surface area contributed by atoms with Crippen LogP contribution in [0.3, 0.4) is 0 Å². The summed E-state index contributed by atoms with van der Waals surface area (Å²) < 4.78 is 18.2. The van der Waals surface area contributed by atoms with E-state index >= 15 is 0 Å². The van der Waals surface area contributed by atoms with Gasteiger partial charge in [0, 0.05) is 59.0 Å². The maximum absolute atomic E-state index is 12.8. The number of fused-ring (bicyclic) bond motifs is 1. The highest BCUT2D eigenvalue weighted by Gasteiger charge is 2.22. The molecule has 0 bridgehead atoms. The smallest absolute Gasteiger partial charge is 0.251 e. The van der Waals surface area contributed by atoms with Crippen molar-refractivity contribution in [1.29, 1.82) is 0 Å². The number of carbonyl (C=O) groups excluding carboxylic acids is 1. The fourth-order valence-electron chi connectivity index (χ4n) is 3.99. The van der Waals surface area contributed by atoms with Gasteiger partial charge in [0.25, 0.3) is 5.91 Å². The maximum atomic E-state index is 12.8. The highest BCUT2D eigenvalue weighted by atomic mass is 19.1. The number of carbonyl (C=O) groups is 1. The van der Waals surface area contributed by atoms with Crippen LogP contribution in [0.15, 0.2) is 65.9 Å². The number of hydrogen-bond acceptors (Lipinski definition) is 6. The van der Waals surface area contributed by atoms with Crippen LogP contribution >= 0.6 is 0 Å². The van der Waals surface area contributed by atoms with Crippen molar-refractivity contribution in [3.8, 4) is 0 Å². The lowest BCUT2D eigenvalue weighted by atomic mass is 9.90. The van der Waals surface area contributed by atoms with Crippen molar-refractivity contribution < 1.29 is 13.9 Å². The molecule has 0 fully saturated rings. The normalized spacial score (nSPS) is 14.2. The van der Waals surface area contributed by atoms with E-state index in [0.717, 1.165) is 29.1 Å². The first-order chi connectivity index (χ1) is 19.1. The Hall–Kier alpha value is -3.65. The molecule has 0 aliphatic carbocycles. The first-order valence-corrected chi connectivity index (χ1v) is 13.8. The molecular weight excluding hydrogens is 505 g/mol. The minimum Gasteiger partial charge on any atom is -0.350 e. The first kappa shape index (κ1) is 32.6. The van der Waals surface area contributed by atoms with E-state index < -0.39 is 12.4 Å². The van der Waals surface area contributed by atoms with Gasteiger partial charge in [0.05, 0.1) is 6.61 Å². The van der Waals surface area contributed by atoms with Gasteiger partial charge in [0.1, 0.15) is 6.17 Å². The third-order valence-electron chi connectivity index (χ3n) is 6.11. The molecule has 1 aliphatic rings. The third-order valence-corrected chi connectivity index (χ3v) is 6.11. The number of nitrogens with zero attached hydrogens (tertiary/aromatic N) is 3. The molecule has 0 saturated carbocycles. The number of ether oxygens (including phenoxy) is 1. The number of pyridine rings is 2. The Balaban J connectivity index is 0.000000264. The summed E-state index contributed by atoms with van der Waals surface area (Å²) in [6.45, 7) is 18.0. The highest BCUT2D eigenvalue weighted by Crippen LogP contribution is 2.24. The number of amides is 1. The second-order valence-corrected chi connectivity index (χ2v) is 10.5. The van der Waals surface area contributed by atoms with Gasteiger partial charge in [0.2, 0.25) is 0 Å². The number of nitrogens with one attached hydrogen (secondary N) is 2. The van der Waals surface area contributed by atoms with E-state index in [1.54, 1.807) is 6.07 Å². The van der Waals surface area contributed by atoms with Crippen LogP contribution in [-0.2, 0) is 23.1 Å². The van der Waals surface area contributed by atoms with Gasteiger partial charge in [-0.15, -0.1) is 0 Å². The zero-order chi connectivity index (χ0) is 29.7. The summed E-state index contributed by atoms with van der Waals surface area (Å²) >= 11 is 0. The summed E-state index contributed by atoms with van der Waals surface area (Å²) in [6, 6.07) is 17.8. The van der Waals surface area contributed by atoms with Gasteiger partial charge < -0.3 is 10.1 Å². The van der Waals surface area contributed by atoms with Crippen LogP contribution < -0.4 is 10.7 Å². The number of hydrogen-bond donors (Lipinski definition) is 2. The van der Waals surface area contributed by atoms with Gasteiger partial charge in [-0.25, -0.2) is 4.39 Å². The van der Waals surface area contributed by atoms with Crippen molar-refractivity contribution in [2.24, 2.45) is 5.10 Å². The largest absolute Gasteiger partial charge is 0.350 e. The molecule has 1 aromatic carbocycles. The Morgan fingerprint density at radius 1 is 1.12 bits per heavy atom. The minimum absolute atomic E-state index is 0.0591. The van der Waals surface area contributed by atoms with Crippen LogP contribution in [0, 0.1) is 0 Å². The van der Waals surface area contributed by atoms with E-state index in [1.807, 2.05) is 44.3 Å². The van der Waals surface area contributed by atoms with Gasteiger partial charge in [-0.1, -0.05) is 65.8 Å². The standard InChI is InChI=1S/C17H22N2.C13H16FN3O2.C2H6/c1-13(12-14-8-5-6-11-18-14)15-9-7-10-16(19-15)17(2,3)4;1-8(14)7-19-13(17-15-2)9-3-4-10-6-16-12(18)11(10)5-9;1-2/h5-11,13H,12H2,1-4H3;3-5,8,13,17H,2,6-7H2,1H3,(H,16,18);1-2H3. The third kappa shape index (κ3) is 9.83. The van der Waals surface area contributed by atoms with Crippen LogP contribution in [0.1, 0.15) is 99.2 Å². The van der Waals surface area contributed by atoms with E-state index in [4.69, 9.17) is 9.72 Å². The zero-order valence-electron chi connectivity index (χ0n) is 24.9. The van der Waals surface area contributed by atoms with Crippen molar-refractivity contribution in [2.45, 2.75) is 85.2 Å². The molecular formula is C32H44FN5O2. The molecule has 4 rings (SSSR count). The fraction of sp³-hybridized carbons (Fsp3) is 0.438. The Labute approximate surface area is 238 Å². The van der Waals surface area contributed by atoms with Crippen molar-refractivity contribution in [1.82, 2.24) is 20.7 Å². The SMILES string of the molecule is C=NNC(OCC(C)F)c1ccc2c(c1)C(=O)NC2.CC.CC(Cc1ccccn1)c1cccc(C(C)(C)C)n1. The van der Waals surface area contributed by atoms with Crippen molar-refractivity contribution >= 4 is 12.6 Å². The molecule has 216 valence electrons. The summed E-state index contributed by atoms with van der Waals surface area (Å²) in [5, 5.41) is 6.29. The summed E-state index contributed by atoms with van der Waals surface area (Å²) in [5.74, 6) is 0.276. The number of benzene rings is 1. The molecule has 2 N–H and O–H groups in total. The molecule has 0 radical (unpaired) electrons. The fourth-order valence-corrected chi connectivity index (χ4v) is 3.99. The second kappa shape index (κ2) is 15.8. The Kier molecular flexibility index (Phi) is 12.9. The van der Waals surface area contributed by atoms with Crippen LogP contribution in [0.5, 0.6) is 0 Å². The number of alkyl halides is 1. The first-order valence-electron chi connectivity index (χ1n) is 13.8. The summed E-state index contributed by atoms with van der Waals surface area (Å²) in [7, 11) is 0. The molecule has 1 amide bonds.